The summed E-state index contributed by atoms with van der Waals surface area (Å²) >= 11 is 5.97. The van der Waals surface area contributed by atoms with Crippen molar-refractivity contribution < 1.29 is 23.1 Å². The third-order valence-corrected chi connectivity index (χ3v) is 7.32. The summed E-state index contributed by atoms with van der Waals surface area (Å²) in [4.78, 5) is 28.1. The van der Waals surface area contributed by atoms with Crippen molar-refractivity contribution in [2.45, 2.75) is 36.4 Å². The molecule has 2 aromatic rings. The molecule has 4 rings (SSSR count). The summed E-state index contributed by atoms with van der Waals surface area (Å²) in [7, 11) is -3.92. The highest BCUT2D eigenvalue weighted by atomic mass is 35.5. The van der Waals surface area contributed by atoms with Crippen LogP contribution in [0.2, 0.25) is 5.02 Å². The summed E-state index contributed by atoms with van der Waals surface area (Å²) < 4.78 is 28.2. The summed E-state index contributed by atoms with van der Waals surface area (Å²) in [5, 5.41) is 11.5. The third-order valence-electron chi connectivity index (χ3n) is 5.62. The number of carbonyl (C=O) groups is 2. The van der Waals surface area contributed by atoms with E-state index in [0.717, 1.165) is 10.8 Å². The highest BCUT2D eigenvalue weighted by molar-refractivity contribution is 7.89. The molecule has 0 spiro atoms. The maximum atomic E-state index is 12.8. The van der Waals surface area contributed by atoms with Crippen molar-refractivity contribution in [3.05, 3.63) is 41.4 Å². The number of nitrogens with zero attached hydrogens (tertiary/aromatic N) is 2. The van der Waals surface area contributed by atoms with Crippen molar-refractivity contribution in [1.29, 1.82) is 0 Å². The lowest BCUT2D eigenvalue weighted by molar-refractivity contribution is -0.150. The van der Waals surface area contributed by atoms with Crippen LogP contribution in [0.3, 0.4) is 0 Å². The lowest BCUT2D eigenvalue weighted by Gasteiger charge is -2.39. The van der Waals surface area contributed by atoms with E-state index in [-0.39, 0.29) is 36.9 Å². The third kappa shape index (κ3) is 3.90. The van der Waals surface area contributed by atoms with Gasteiger partial charge >= 0.3 is 0 Å². The maximum Gasteiger partial charge on any atom is 0.245 e. The minimum atomic E-state index is -3.92. The van der Waals surface area contributed by atoms with Gasteiger partial charge in [-0.15, -0.1) is 0 Å². The summed E-state index contributed by atoms with van der Waals surface area (Å²) in [6, 6.07) is 8.21. The SMILES string of the molecule is C[C@@H](C(=O)N1CC(O)C1)N1CCC(NS(=O)(=O)c2ccc3cc(Cl)ccc3c2)C1=O. The van der Waals surface area contributed by atoms with Gasteiger partial charge in [-0.3, -0.25) is 9.59 Å². The van der Waals surface area contributed by atoms with Crippen LogP contribution in [0.5, 0.6) is 0 Å². The molecular formula is C20H22ClN3O5S. The second kappa shape index (κ2) is 7.81. The molecule has 2 heterocycles. The normalized spacial score (nSPS) is 21.2. The number of amides is 2. The van der Waals surface area contributed by atoms with E-state index < -0.39 is 34.1 Å². The Kier molecular flexibility index (Phi) is 5.48. The van der Waals surface area contributed by atoms with Gasteiger partial charge in [-0.2, -0.15) is 4.72 Å². The number of hydrogen-bond donors (Lipinski definition) is 2. The molecule has 0 radical (unpaired) electrons. The number of likely N-dealkylation sites (tertiary alicyclic amines) is 2. The fourth-order valence-corrected chi connectivity index (χ4v) is 5.28. The minimum Gasteiger partial charge on any atom is -0.389 e. The molecule has 10 heteroatoms. The van der Waals surface area contributed by atoms with Gasteiger partial charge in [0.25, 0.3) is 0 Å². The molecule has 0 saturated carbocycles. The van der Waals surface area contributed by atoms with Gasteiger partial charge in [-0.05, 0) is 48.4 Å². The van der Waals surface area contributed by atoms with E-state index in [0.29, 0.717) is 5.02 Å². The van der Waals surface area contributed by atoms with Crippen LogP contribution in [0, 0.1) is 0 Å². The van der Waals surface area contributed by atoms with Gasteiger partial charge in [0.1, 0.15) is 12.1 Å². The first-order valence-corrected chi connectivity index (χ1v) is 11.5. The Morgan fingerprint density at radius 3 is 2.57 bits per heavy atom. The molecule has 0 bridgehead atoms. The lowest BCUT2D eigenvalue weighted by Crippen LogP contribution is -2.59. The van der Waals surface area contributed by atoms with Crippen LogP contribution >= 0.6 is 11.6 Å². The van der Waals surface area contributed by atoms with Crippen LogP contribution in [-0.2, 0) is 19.6 Å². The standard InChI is InChI=1S/C20H22ClN3O5S/c1-12(19(26)23-10-16(25)11-23)24-7-6-18(20(24)27)22-30(28,29)17-5-3-13-8-15(21)4-2-14(13)9-17/h2-5,8-9,12,16,18,22,25H,6-7,10-11H2,1H3/t12-,18?/m0/s1. The van der Waals surface area contributed by atoms with E-state index in [2.05, 4.69) is 4.72 Å². The van der Waals surface area contributed by atoms with E-state index in [1.165, 1.54) is 21.9 Å². The fraction of sp³-hybridized carbons (Fsp3) is 0.400. The van der Waals surface area contributed by atoms with Gasteiger partial charge in [0.05, 0.1) is 11.0 Å². The van der Waals surface area contributed by atoms with Crippen LogP contribution < -0.4 is 4.72 Å². The molecular weight excluding hydrogens is 430 g/mol. The summed E-state index contributed by atoms with van der Waals surface area (Å²) in [6.07, 6.45) is -0.241. The zero-order valence-corrected chi connectivity index (χ0v) is 17.9. The second-order valence-electron chi connectivity index (χ2n) is 7.72. The number of sulfonamides is 1. The van der Waals surface area contributed by atoms with Crippen LogP contribution in [0.1, 0.15) is 13.3 Å². The van der Waals surface area contributed by atoms with Crippen LogP contribution in [0.15, 0.2) is 41.3 Å². The molecule has 2 aliphatic rings. The van der Waals surface area contributed by atoms with Crippen molar-refractivity contribution in [1.82, 2.24) is 14.5 Å². The van der Waals surface area contributed by atoms with Crippen LogP contribution in [-0.4, -0.2) is 73.0 Å². The number of rotatable bonds is 5. The van der Waals surface area contributed by atoms with E-state index in [9.17, 15) is 23.1 Å². The second-order valence-corrected chi connectivity index (χ2v) is 9.87. The number of halogens is 1. The largest absolute Gasteiger partial charge is 0.389 e. The molecule has 2 fully saturated rings. The van der Waals surface area contributed by atoms with Crippen molar-refractivity contribution in [2.24, 2.45) is 0 Å². The van der Waals surface area contributed by atoms with Gasteiger partial charge in [0, 0.05) is 24.7 Å². The molecule has 2 aromatic carbocycles. The Morgan fingerprint density at radius 1 is 1.20 bits per heavy atom. The maximum absolute atomic E-state index is 12.8. The molecule has 2 saturated heterocycles. The van der Waals surface area contributed by atoms with Crippen molar-refractivity contribution in [3.8, 4) is 0 Å². The van der Waals surface area contributed by atoms with Gasteiger partial charge in [-0.1, -0.05) is 23.7 Å². The predicted octanol–water partition coefficient (Wildman–Crippen LogP) is 0.964. The first kappa shape index (κ1) is 21.0. The highest BCUT2D eigenvalue weighted by Gasteiger charge is 2.41. The quantitative estimate of drug-likeness (QED) is 0.704. The predicted molar refractivity (Wildman–Crippen MR) is 111 cm³/mol. The Labute approximate surface area is 179 Å². The first-order chi connectivity index (χ1) is 14.2. The molecule has 2 aliphatic heterocycles. The number of aliphatic hydroxyl groups excluding tert-OH is 1. The van der Waals surface area contributed by atoms with E-state index >= 15 is 0 Å². The molecule has 2 atom stereocenters. The Morgan fingerprint density at radius 2 is 1.87 bits per heavy atom. The molecule has 2 amide bonds. The molecule has 30 heavy (non-hydrogen) atoms. The van der Waals surface area contributed by atoms with E-state index in [4.69, 9.17) is 11.6 Å². The minimum absolute atomic E-state index is 0.0577. The Bertz CT molecular complexity index is 1120. The topological polar surface area (TPSA) is 107 Å². The van der Waals surface area contributed by atoms with Crippen LogP contribution in [0.25, 0.3) is 10.8 Å². The number of fused-ring (bicyclic) bond motifs is 1. The Hall–Kier alpha value is -2.20. The fourth-order valence-electron chi connectivity index (χ4n) is 3.85. The van der Waals surface area contributed by atoms with Gasteiger partial charge < -0.3 is 14.9 Å². The summed E-state index contributed by atoms with van der Waals surface area (Å²) in [5.74, 6) is -0.668. The Balaban J connectivity index is 1.46. The average molecular weight is 452 g/mol. The van der Waals surface area contributed by atoms with Crippen molar-refractivity contribution in [3.63, 3.8) is 0 Å². The number of β-amino-alcohol motifs (C(OH)–C–C–N with tert-alkyl or cyclic N) is 1. The highest BCUT2D eigenvalue weighted by Crippen LogP contribution is 2.24. The molecule has 0 aliphatic carbocycles. The first-order valence-electron chi connectivity index (χ1n) is 9.65. The molecule has 0 aromatic heterocycles. The number of nitrogens with one attached hydrogen (secondary N) is 1. The van der Waals surface area contributed by atoms with E-state index in [1.807, 2.05) is 0 Å². The molecule has 160 valence electrons. The molecule has 2 N–H and O–H groups in total. The zero-order valence-electron chi connectivity index (χ0n) is 16.3. The van der Waals surface area contributed by atoms with Gasteiger partial charge in [0.2, 0.25) is 21.8 Å². The van der Waals surface area contributed by atoms with Gasteiger partial charge in [0.15, 0.2) is 0 Å². The van der Waals surface area contributed by atoms with Crippen molar-refractivity contribution >= 4 is 44.2 Å². The molecule has 1 unspecified atom stereocenters. The summed E-state index contributed by atoms with van der Waals surface area (Å²) in [5.41, 5.74) is 0. The smallest absolute Gasteiger partial charge is 0.245 e. The summed E-state index contributed by atoms with van der Waals surface area (Å²) in [6.45, 7) is 2.42. The number of carbonyl (C=O) groups excluding carboxylic acids is 2. The monoisotopic (exact) mass is 451 g/mol. The number of hydrogen-bond acceptors (Lipinski definition) is 5. The van der Waals surface area contributed by atoms with Crippen molar-refractivity contribution in [2.75, 3.05) is 19.6 Å². The number of benzene rings is 2. The average Bonchev–Trinajstić information content (AvgIpc) is 3.03. The van der Waals surface area contributed by atoms with Crippen LogP contribution in [0.4, 0.5) is 0 Å². The zero-order chi connectivity index (χ0) is 21.6. The lowest BCUT2D eigenvalue weighted by atomic mass is 10.1. The molecule has 8 nitrogen and oxygen atoms in total. The number of aliphatic hydroxyl groups is 1. The van der Waals surface area contributed by atoms with E-state index in [1.54, 1.807) is 31.2 Å². The van der Waals surface area contributed by atoms with Gasteiger partial charge in [-0.25, -0.2) is 8.42 Å².